The van der Waals surface area contributed by atoms with Crippen molar-refractivity contribution in [3.8, 4) is 0 Å². The summed E-state index contributed by atoms with van der Waals surface area (Å²) in [5.41, 5.74) is 5.02. The molecule has 0 radical (unpaired) electrons. The molecule has 1 aliphatic heterocycles. The Labute approximate surface area is 121 Å². The first-order valence-corrected chi connectivity index (χ1v) is 6.75. The molecule has 0 unspecified atom stereocenters. The largest absolute Gasteiger partial charge is 0.416 e. The zero-order valence-electron chi connectivity index (χ0n) is 11.7. The summed E-state index contributed by atoms with van der Waals surface area (Å²) in [6, 6.07) is 4.14. The number of carbonyl (C=O) groups excluding carboxylic acids is 1. The maximum absolute atomic E-state index is 12.6. The molecular formula is C14H18F3N3O. The van der Waals surface area contributed by atoms with Gasteiger partial charge in [-0.05, 0) is 24.6 Å². The van der Waals surface area contributed by atoms with Gasteiger partial charge in [0, 0.05) is 18.8 Å². The molecule has 1 aliphatic rings. The van der Waals surface area contributed by atoms with Gasteiger partial charge in [0.25, 0.3) is 0 Å². The van der Waals surface area contributed by atoms with Crippen LogP contribution in [-0.2, 0) is 6.18 Å². The fourth-order valence-electron chi connectivity index (χ4n) is 2.49. The molecule has 1 aromatic rings. The molecule has 3 N–H and O–H groups in total. The van der Waals surface area contributed by atoms with Gasteiger partial charge in [-0.15, -0.1) is 0 Å². The van der Waals surface area contributed by atoms with Crippen molar-refractivity contribution >= 4 is 11.7 Å². The lowest BCUT2D eigenvalue weighted by atomic mass is 9.87. The molecule has 7 heteroatoms. The third-order valence-electron chi connectivity index (χ3n) is 3.49. The minimum atomic E-state index is -4.43. The molecule has 1 fully saturated rings. The Morgan fingerprint density at radius 2 is 2.10 bits per heavy atom. The Kier molecular flexibility index (Phi) is 4.13. The van der Waals surface area contributed by atoms with Gasteiger partial charge in [-0.2, -0.15) is 13.2 Å². The monoisotopic (exact) mass is 301 g/mol. The summed E-state index contributed by atoms with van der Waals surface area (Å²) < 4.78 is 37.8. The van der Waals surface area contributed by atoms with E-state index in [4.69, 9.17) is 5.73 Å². The lowest BCUT2D eigenvalue weighted by molar-refractivity contribution is -0.137. The molecule has 1 heterocycles. The van der Waals surface area contributed by atoms with Crippen LogP contribution in [0.3, 0.4) is 0 Å². The van der Waals surface area contributed by atoms with Crippen molar-refractivity contribution in [3.63, 3.8) is 0 Å². The van der Waals surface area contributed by atoms with Crippen LogP contribution in [0.5, 0.6) is 0 Å². The van der Waals surface area contributed by atoms with Crippen molar-refractivity contribution in [3.05, 3.63) is 29.8 Å². The molecule has 0 saturated carbocycles. The topological polar surface area (TPSA) is 58.4 Å². The van der Waals surface area contributed by atoms with Gasteiger partial charge in [0.05, 0.1) is 11.1 Å². The molecule has 21 heavy (non-hydrogen) atoms. The maximum Gasteiger partial charge on any atom is 0.416 e. The van der Waals surface area contributed by atoms with Crippen LogP contribution in [0.2, 0.25) is 0 Å². The summed E-state index contributed by atoms with van der Waals surface area (Å²) in [4.78, 5) is 13.4. The summed E-state index contributed by atoms with van der Waals surface area (Å²) in [6.07, 6.45) is -2.68. The number of nitrogens with two attached hydrogens (primary N) is 1. The molecule has 0 aliphatic carbocycles. The summed E-state index contributed by atoms with van der Waals surface area (Å²) in [5, 5.41) is 2.47. The van der Waals surface area contributed by atoms with E-state index in [1.165, 1.54) is 17.0 Å². The van der Waals surface area contributed by atoms with E-state index < -0.39 is 17.8 Å². The second kappa shape index (κ2) is 5.55. The number of urea groups is 1. The van der Waals surface area contributed by atoms with E-state index in [9.17, 15) is 18.0 Å². The highest BCUT2D eigenvalue weighted by molar-refractivity contribution is 5.90. The van der Waals surface area contributed by atoms with E-state index in [2.05, 4.69) is 5.32 Å². The van der Waals surface area contributed by atoms with Gasteiger partial charge in [-0.1, -0.05) is 19.4 Å². The van der Waals surface area contributed by atoms with E-state index in [1.807, 2.05) is 6.92 Å². The minimum Gasteiger partial charge on any atom is -0.322 e. The molecule has 0 spiro atoms. The Morgan fingerprint density at radius 1 is 1.43 bits per heavy atom. The van der Waals surface area contributed by atoms with Crippen molar-refractivity contribution in [1.29, 1.82) is 0 Å². The van der Waals surface area contributed by atoms with Gasteiger partial charge >= 0.3 is 12.2 Å². The Bertz CT molecular complexity index is 524. The second-order valence-corrected chi connectivity index (χ2v) is 5.48. The third-order valence-corrected chi connectivity index (χ3v) is 3.49. The molecule has 2 amide bonds. The van der Waals surface area contributed by atoms with Crippen LogP contribution in [0.25, 0.3) is 0 Å². The molecular weight excluding hydrogens is 283 g/mol. The van der Waals surface area contributed by atoms with Crippen LogP contribution in [0.15, 0.2) is 24.3 Å². The van der Waals surface area contributed by atoms with Gasteiger partial charge in [0.15, 0.2) is 0 Å². The van der Waals surface area contributed by atoms with Crippen LogP contribution in [0.4, 0.5) is 23.7 Å². The van der Waals surface area contributed by atoms with Crippen molar-refractivity contribution in [1.82, 2.24) is 4.90 Å². The zero-order chi connectivity index (χ0) is 15.7. The number of halogens is 3. The van der Waals surface area contributed by atoms with E-state index in [-0.39, 0.29) is 11.2 Å². The predicted molar refractivity (Wildman–Crippen MR) is 73.9 cm³/mol. The SMILES string of the molecule is CCCC1(N)CN(C(=O)Nc2cccc(C(F)(F)F)c2)C1. The van der Waals surface area contributed by atoms with Gasteiger partial charge in [-0.25, -0.2) is 4.79 Å². The number of carbonyl (C=O) groups is 1. The van der Waals surface area contributed by atoms with Crippen LogP contribution in [-0.4, -0.2) is 29.6 Å². The smallest absolute Gasteiger partial charge is 0.322 e. The first kappa shape index (κ1) is 15.6. The van der Waals surface area contributed by atoms with Crippen LogP contribution >= 0.6 is 0 Å². The predicted octanol–water partition coefficient (Wildman–Crippen LogP) is 3.05. The number of anilines is 1. The lowest BCUT2D eigenvalue weighted by Gasteiger charge is -2.47. The van der Waals surface area contributed by atoms with Gasteiger partial charge < -0.3 is 16.0 Å². The first-order valence-electron chi connectivity index (χ1n) is 6.75. The summed E-state index contributed by atoms with van der Waals surface area (Å²) >= 11 is 0. The number of alkyl halides is 3. The summed E-state index contributed by atoms with van der Waals surface area (Å²) in [5.74, 6) is 0. The average Bonchev–Trinajstić information content (AvgIpc) is 2.35. The third kappa shape index (κ3) is 3.66. The normalized spacial score (nSPS) is 17.3. The molecule has 1 saturated heterocycles. The Morgan fingerprint density at radius 3 is 2.67 bits per heavy atom. The number of amides is 2. The van der Waals surface area contributed by atoms with Crippen molar-refractivity contribution < 1.29 is 18.0 Å². The van der Waals surface area contributed by atoms with Crippen molar-refractivity contribution in [2.75, 3.05) is 18.4 Å². The molecule has 2 rings (SSSR count). The van der Waals surface area contributed by atoms with E-state index in [0.29, 0.717) is 13.1 Å². The summed E-state index contributed by atoms with van der Waals surface area (Å²) in [7, 11) is 0. The average molecular weight is 301 g/mol. The number of rotatable bonds is 3. The second-order valence-electron chi connectivity index (χ2n) is 5.48. The number of benzene rings is 1. The van der Waals surface area contributed by atoms with E-state index in [1.54, 1.807) is 0 Å². The highest BCUT2D eigenvalue weighted by Gasteiger charge is 2.41. The molecule has 0 aromatic heterocycles. The summed E-state index contributed by atoms with van der Waals surface area (Å²) in [6.45, 7) is 2.86. The van der Waals surface area contributed by atoms with Crippen molar-refractivity contribution in [2.45, 2.75) is 31.5 Å². The number of hydrogen-bond acceptors (Lipinski definition) is 2. The lowest BCUT2D eigenvalue weighted by Crippen LogP contribution is -2.69. The zero-order valence-corrected chi connectivity index (χ0v) is 11.7. The fraction of sp³-hybridized carbons (Fsp3) is 0.500. The fourth-order valence-corrected chi connectivity index (χ4v) is 2.49. The van der Waals surface area contributed by atoms with Crippen molar-refractivity contribution in [2.24, 2.45) is 5.73 Å². The maximum atomic E-state index is 12.6. The van der Waals surface area contributed by atoms with Crippen LogP contribution < -0.4 is 11.1 Å². The first-order chi connectivity index (χ1) is 9.73. The van der Waals surface area contributed by atoms with Gasteiger partial charge in [-0.3, -0.25) is 0 Å². The highest BCUT2D eigenvalue weighted by atomic mass is 19.4. The number of nitrogens with zero attached hydrogens (tertiary/aromatic N) is 1. The molecule has 116 valence electrons. The van der Waals surface area contributed by atoms with Crippen LogP contribution in [0, 0.1) is 0 Å². The number of likely N-dealkylation sites (tertiary alicyclic amines) is 1. The molecule has 4 nitrogen and oxygen atoms in total. The van der Waals surface area contributed by atoms with E-state index in [0.717, 1.165) is 25.0 Å². The molecule has 1 aromatic carbocycles. The van der Waals surface area contributed by atoms with Gasteiger partial charge in [0.2, 0.25) is 0 Å². The Hall–Kier alpha value is -1.76. The standard InChI is InChI=1S/C14H18F3N3O/c1-2-6-13(18)8-20(9-13)12(21)19-11-5-3-4-10(7-11)14(15,16)17/h3-5,7H,2,6,8-9,18H2,1H3,(H,19,21). The molecule has 0 atom stereocenters. The highest BCUT2D eigenvalue weighted by Crippen LogP contribution is 2.31. The Balaban J connectivity index is 1.96. The number of hydrogen-bond donors (Lipinski definition) is 2. The van der Waals surface area contributed by atoms with E-state index >= 15 is 0 Å². The number of nitrogens with one attached hydrogen (secondary N) is 1. The van der Waals surface area contributed by atoms with Crippen LogP contribution in [0.1, 0.15) is 25.3 Å². The quantitative estimate of drug-likeness (QED) is 0.901. The molecule has 0 bridgehead atoms. The minimum absolute atomic E-state index is 0.125. The van der Waals surface area contributed by atoms with Gasteiger partial charge in [0.1, 0.15) is 0 Å².